The van der Waals surface area contributed by atoms with E-state index >= 15 is 0 Å². The number of carbonyl (C=O) groups excluding carboxylic acids is 1. The van der Waals surface area contributed by atoms with Crippen molar-refractivity contribution in [1.82, 2.24) is 0 Å². The van der Waals surface area contributed by atoms with Crippen molar-refractivity contribution in [3.05, 3.63) is 34.4 Å². The quantitative estimate of drug-likeness (QED) is 0.614. The van der Waals surface area contributed by atoms with E-state index in [0.717, 1.165) is 11.1 Å². The Balaban J connectivity index is 3.18. The molecule has 1 aromatic carbocycles. The molecule has 0 fully saturated rings. The summed E-state index contributed by atoms with van der Waals surface area (Å²) < 4.78 is 0. The summed E-state index contributed by atoms with van der Waals surface area (Å²) in [5.41, 5.74) is 9.28. The highest BCUT2D eigenvalue weighted by Gasteiger charge is 1.98. The Morgan fingerprint density at radius 1 is 1.14 bits per heavy atom. The van der Waals surface area contributed by atoms with Crippen LogP contribution in [0.3, 0.4) is 0 Å². The first kappa shape index (κ1) is 10.3. The van der Waals surface area contributed by atoms with E-state index in [2.05, 4.69) is 17.9 Å². The maximum absolute atomic E-state index is 10.5. The van der Waals surface area contributed by atoms with Crippen LogP contribution >= 0.6 is 0 Å². The Hall–Kier alpha value is -1.75. The van der Waals surface area contributed by atoms with Gasteiger partial charge in [0.15, 0.2) is 0 Å². The lowest BCUT2D eigenvalue weighted by atomic mass is 10.0. The van der Waals surface area contributed by atoms with Crippen molar-refractivity contribution in [3.8, 4) is 11.8 Å². The second-order valence-electron chi connectivity index (χ2n) is 3.37. The minimum atomic E-state index is -0.595. The summed E-state index contributed by atoms with van der Waals surface area (Å²) >= 11 is 0. The minimum absolute atomic E-state index is 0.595. The number of carbonyl (C=O) groups is 1. The summed E-state index contributed by atoms with van der Waals surface area (Å²) in [4.78, 5) is 10.5. The molecule has 1 amide bonds. The van der Waals surface area contributed by atoms with Gasteiger partial charge >= 0.3 is 0 Å². The molecule has 0 unspecified atom stereocenters. The van der Waals surface area contributed by atoms with E-state index in [1.54, 1.807) is 0 Å². The van der Waals surface area contributed by atoms with Crippen molar-refractivity contribution < 1.29 is 4.79 Å². The summed E-state index contributed by atoms with van der Waals surface area (Å²) in [6.45, 7) is 6.04. The minimum Gasteiger partial charge on any atom is -0.359 e. The molecular weight excluding hydrogens is 174 g/mol. The molecule has 0 spiro atoms. The smallest absolute Gasteiger partial charge is 0.293 e. The number of nitrogens with two attached hydrogens (primary N) is 1. The Morgan fingerprint density at radius 3 is 2.29 bits per heavy atom. The van der Waals surface area contributed by atoms with Crippen molar-refractivity contribution in [2.45, 2.75) is 20.8 Å². The van der Waals surface area contributed by atoms with Crippen molar-refractivity contribution in [2.75, 3.05) is 0 Å². The number of benzene rings is 1. The van der Waals surface area contributed by atoms with Gasteiger partial charge in [-0.1, -0.05) is 12.0 Å². The van der Waals surface area contributed by atoms with Crippen LogP contribution in [0.1, 0.15) is 22.3 Å². The lowest BCUT2D eigenvalue weighted by Crippen LogP contribution is -2.06. The van der Waals surface area contributed by atoms with Crippen LogP contribution in [0.2, 0.25) is 0 Å². The van der Waals surface area contributed by atoms with Crippen molar-refractivity contribution in [2.24, 2.45) is 5.73 Å². The molecule has 0 radical (unpaired) electrons. The van der Waals surface area contributed by atoms with Gasteiger partial charge in [0, 0.05) is 5.56 Å². The zero-order valence-corrected chi connectivity index (χ0v) is 8.64. The molecule has 0 saturated carbocycles. The maximum atomic E-state index is 10.5. The SMILES string of the molecule is Cc1cc(C)c(C#CC(N)=O)cc1C. The number of hydrogen-bond donors (Lipinski definition) is 1. The molecule has 0 aliphatic carbocycles. The monoisotopic (exact) mass is 187 g/mol. The van der Waals surface area contributed by atoms with Gasteiger partial charge in [-0.2, -0.15) is 0 Å². The number of primary amides is 1. The van der Waals surface area contributed by atoms with E-state index in [-0.39, 0.29) is 0 Å². The van der Waals surface area contributed by atoms with Crippen LogP contribution < -0.4 is 5.73 Å². The third kappa shape index (κ3) is 2.37. The van der Waals surface area contributed by atoms with E-state index in [0.29, 0.717) is 0 Å². The fraction of sp³-hybridized carbons (Fsp3) is 0.250. The van der Waals surface area contributed by atoms with Crippen LogP contribution in [-0.2, 0) is 4.79 Å². The molecular formula is C12H13NO. The molecule has 2 nitrogen and oxygen atoms in total. The predicted molar refractivity (Wildman–Crippen MR) is 56.7 cm³/mol. The van der Waals surface area contributed by atoms with Crippen LogP contribution in [0, 0.1) is 32.6 Å². The Bertz CT molecular complexity index is 436. The highest BCUT2D eigenvalue weighted by molar-refractivity contribution is 5.92. The summed E-state index contributed by atoms with van der Waals surface area (Å²) in [5.74, 6) is 4.50. The molecule has 2 heteroatoms. The zero-order valence-electron chi connectivity index (χ0n) is 8.64. The standard InChI is InChI=1S/C12H13NO/c1-8-6-10(3)11(7-9(8)2)4-5-12(13)14/h6-7H,1-3H3,(H2,13,14). The number of rotatable bonds is 0. The molecule has 0 bridgehead atoms. The third-order valence-electron chi connectivity index (χ3n) is 2.16. The average Bonchev–Trinajstić information content (AvgIpc) is 2.09. The highest BCUT2D eigenvalue weighted by Crippen LogP contribution is 2.13. The van der Waals surface area contributed by atoms with Crippen LogP contribution in [0.4, 0.5) is 0 Å². The summed E-state index contributed by atoms with van der Waals surface area (Å²) in [7, 11) is 0. The maximum Gasteiger partial charge on any atom is 0.293 e. The van der Waals surface area contributed by atoms with E-state index < -0.39 is 5.91 Å². The molecule has 1 aromatic rings. The number of amides is 1. The van der Waals surface area contributed by atoms with Gasteiger partial charge in [0.2, 0.25) is 0 Å². The van der Waals surface area contributed by atoms with Crippen LogP contribution in [-0.4, -0.2) is 5.91 Å². The van der Waals surface area contributed by atoms with Gasteiger partial charge < -0.3 is 5.73 Å². The van der Waals surface area contributed by atoms with Gasteiger partial charge in [-0.25, -0.2) is 0 Å². The normalized spacial score (nSPS) is 9.07. The molecule has 0 aliphatic rings. The lowest BCUT2D eigenvalue weighted by molar-refractivity contribution is -0.112. The van der Waals surface area contributed by atoms with E-state index in [9.17, 15) is 4.79 Å². The van der Waals surface area contributed by atoms with Crippen molar-refractivity contribution in [1.29, 1.82) is 0 Å². The molecule has 72 valence electrons. The van der Waals surface area contributed by atoms with Gasteiger partial charge in [0.1, 0.15) is 0 Å². The Labute approximate surface area is 84.1 Å². The number of hydrogen-bond acceptors (Lipinski definition) is 1. The molecule has 14 heavy (non-hydrogen) atoms. The topological polar surface area (TPSA) is 43.1 Å². The van der Waals surface area contributed by atoms with Gasteiger partial charge in [-0.15, -0.1) is 0 Å². The van der Waals surface area contributed by atoms with Gasteiger partial charge in [-0.3, -0.25) is 4.79 Å². The summed E-state index contributed by atoms with van der Waals surface area (Å²) in [6.07, 6.45) is 0. The summed E-state index contributed by atoms with van der Waals surface area (Å²) in [5, 5.41) is 0. The lowest BCUT2D eigenvalue weighted by Gasteiger charge is -2.03. The van der Waals surface area contributed by atoms with E-state index in [1.807, 2.05) is 26.8 Å². The van der Waals surface area contributed by atoms with Crippen LogP contribution in [0.5, 0.6) is 0 Å². The largest absolute Gasteiger partial charge is 0.359 e. The van der Waals surface area contributed by atoms with E-state index in [1.165, 1.54) is 11.1 Å². The molecule has 0 heterocycles. The molecule has 0 atom stereocenters. The Morgan fingerprint density at radius 2 is 1.71 bits per heavy atom. The van der Waals surface area contributed by atoms with Gasteiger partial charge in [0.05, 0.1) is 0 Å². The fourth-order valence-electron chi connectivity index (χ4n) is 1.22. The van der Waals surface area contributed by atoms with E-state index in [4.69, 9.17) is 5.73 Å². The van der Waals surface area contributed by atoms with Gasteiger partial charge in [-0.05, 0) is 49.4 Å². The first-order chi connectivity index (χ1) is 6.50. The molecule has 2 N–H and O–H groups in total. The second-order valence-corrected chi connectivity index (χ2v) is 3.37. The first-order valence-corrected chi connectivity index (χ1v) is 4.40. The fourth-order valence-corrected chi connectivity index (χ4v) is 1.22. The zero-order chi connectivity index (χ0) is 10.7. The van der Waals surface area contributed by atoms with Crippen molar-refractivity contribution in [3.63, 3.8) is 0 Å². The predicted octanol–water partition coefficient (Wildman–Crippen LogP) is 1.45. The Kier molecular flexibility index (Phi) is 2.93. The molecule has 0 saturated heterocycles. The molecule has 0 aromatic heterocycles. The van der Waals surface area contributed by atoms with Crippen LogP contribution in [0.15, 0.2) is 12.1 Å². The highest BCUT2D eigenvalue weighted by atomic mass is 16.1. The number of aryl methyl sites for hydroxylation is 3. The average molecular weight is 187 g/mol. The van der Waals surface area contributed by atoms with Crippen molar-refractivity contribution >= 4 is 5.91 Å². The third-order valence-corrected chi connectivity index (χ3v) is 2.16. The first-order valence-electron chi connectivity index (χ1n) is 4.40. The van der Waals surface area contributed by atoms with Gasteiger partial charge in [0.25, 0.3) is 5.91 Å². The second kappa shape index (κ2) is 3.97. The van der Waals surface area contributed by atoms with Crippen LogP contribution in [0.25, 0.3) is 0 Å². The summed E-state index contributed by atoms with van der Waals surface area (Å²) in [6, 6.07) is 4.03. The molecule has 1 rings (SSSR count). The molecule has 0 aliphatic heterocycles.